The number of rotatable bonds is 9. The van der Waals surface area contributed by atoms with Gasteiger partial charge < -0.3 is 20.7 Å². The zero-order valence-corrected chi connectivity index (χ0v) is 11.2. The lowest BCUT2D eigenvalue weighted by molar-refractivity contribution is -0.143. The highest BCUT2D eigenvalue weighted by Crippen LogP contribution is 1.75. The topological polar surface area (TPSA) is 96.5 Å². The molecule has 0 saturated heterocycles. The van der Waals surface area contributed by atoms with E-state index in [-0.39, 0.29) is 37.3 Å². The molecule has 0 aromatic carbocycles. The highest BCUT2D eigenvalue weighted by molar-refractivity contribution is 7.81. The number of nitrogens with one attached hydrogen (secondary N) is 3. The van der Waals surface area contributed by atoms with E-state index in [9.17, 15) is 14.4 Å². The molecular weight excluding hydrogens is 258 g/mol. The first kappa shape index (κ1) is 16.7. The van der Waals surface area contributed by atoms with Crippen LogP contribution in [-0.4, -0.2) is 56.3 Å². The van der Waals surface area contributed by atoms with Crippen LogP contribution in [0, 0.1) is 0 Å². The second-order valence-electron chi connectivity index (χ2n) is 3.27. The molecule has 0 aliphatic rings. The maximum absolute atomic E-state index is 11.2. The second kappa shape index (κ2) is 10.8. The van der Waals surface area contributed by atoms with E-state index in [2.05, 4.69) is 33.3 Å². The fourth-order valence-electron chi connectivity index (χ4n) is 0.993. The molecule has 0 unspecified atom stereocenters. The molecule has 0 aliphatic heterocycles. The van der Waals surface area contributed by atoms with Gasteiger partial charge in [0.05, 0.1) is 18.9 Å². The standard InChI is InChI=1S/C10H19N3O4S/c1-2-17-10(16)6-13-8(14)5-11-3-4-12-9(15)7-18/h11,18H,2-7H2,1H3,(H,12,15)(H,13,14). The lowest BCUT2D eigenvalue weighted by Crippen LogP contribution is -2.40. The summed E-state index contributed by atoms with van der Waals surface area (Å²) >= 11 is 3.80. The van der Waals surface area contributed by atoms with Crippen LogP contribution >= 0.6 is 12.6 Å². The average molecular weight is 277 g/mol. The molecule has 104 valence electrons. The minimum Gasteiger partial charge on any atom is -0.465 e. The summed E-state index contributed by atoms with van der Waals surface area (Å²) in [6.07, 6.45) is 0. The van der Waals surface area contributed by atoms with Gasteiger partial charge in [-0.1, -0.05) is 0 Å². The van der Waals surface area contributed by atoms with E-state index in [1.54, 1.807) is 6.92 Å². The van der Waals surface area contributed by atoms with Gasteiger partial charge in [-0.15, -0.1) is 0 Å². The zero-order chi connectivity index (χ0) is 13.8. The molecule has 0 heterocycles. The maximum atomic E-state index is 11.2. The Morgan fingerprint density at radius 1 is 1.06 bits per heavy atom. The first-order valence-electron chi connectivity index (χ1n) is 5.60. The fraction of sp³-hybridized carbons (Fsp3) is 0.700. The average Bonchev–Trinajstić information content (AvgIpc) is 2.36. The summed E-state index contributed by atoms with van der Waals surface area (Å²) < 4.78 is 4.65. The maximum Gasteiger partial charge on any atom is 0.325 e. The molecule has 18 heavy (non-hydrogen) atoms. The summed E-state index contributed by atoms with van der Waals surface area (Å²) in [6, 6.07) is 0. The summed E-state index contributed by atoms with van der Waals surface area (Å²) in [7, 11) is 0. The quantitative estimate of drug-likeness (QED) is 0.229. The van der Waals surface area contributed by atoms with Crippen LogP contribution in [0.1, 0.15) is 6.92 Å². The van der Waals surface area contributed by atoms with Crippen molar-refractivity contribution >= 4 is 30.4 Å². The van der Waals surface area contributed by atoms with Crippen molar-refractivity contribution in [2.45, 2.75) is 6.92 Å². The number of esters is 1. The van der Waals surface area contributed by atoms with Crippen LogP contribution < -0.4 is 16.0 Å². The lowest BCUT2D eigenvalue weighted by atomic mass is 10.5. The van der Waals surface area contributed by atoms with Crippen LogP contribution in [0.2, 0.25) is 0 Å². The van der Waals surface area contributed by atoms with Crippen molar-refractivity contribution in [2.24, 2.45) is 0 Å². The fourth-order valence-corrected chi connectivity index (χ4v) is 1.11. The molecule has 0 saturated carbocycles. The molecule has 2 amide bonds. The van der Waals surface area contributed by atoms with Gasteiger partial charge in [0.15, 0.2) is 0 Å². The lowest BCUT2D eigenvalue weighted by Gasteiger charge is -2.07. The van der Waals surface area contributed by atoms with Crippen molar-refractivity contribution in [3.05, 3.63) is 0 Å². The number of carbonyl (C=O) groups excluding carboxylic acids is 3. The predicted molar refractivity (Wildman–Crippen MR) is 69.4 cm³/mol. The summed E-state index contributed by atoms with van der Waals surface area (Å²) in [5, 5.41) is 7.81. The van der Waals surface area contributed by atoms with E-state index in [0.29, 0.717) is 13.1 Å². The van der Waals surface area contributed by atoms with Gasteiger partial charge in [0.2, 0.25) is 11.8 Å². The van der Waals surface area contributed by atoms with Gasteiger partial charge in [-0.2, -0.15) is 12.6 Å². The van der Waals surface area contributed by atoms with E-state index in [1.807, 2.05) is 0 Å². The Hall–Kier alpha value is -1.28. The molecule has 0 aliphatic carbocycles. The first-order valence-corrected chi connectivity index (χ1v) is 6.24. The molecule has 7 nitrogen and oxygen atoms in total. The van der Waals surface area contributed by atoms with Gasteiger partial charge in [-0.05, 0) is 6.92 Å². The van der Waals surface area contributed by atoms with Gasteiger partial charge in [-0.25, -0.2) is 0 Å². The summed E-state index contributed by atoms with van der Waals surface area (Å²) in [5.41, 5.74) is 0. The van der Waals surface area contributed by atoms with Crippen molar-refractivity contribution in [3.8, 4) is 0 Å². The predicted octanol–water partition coefficient (Wildman–Crippen LogP) is -1.70. The van der Waals surface area contributed by atoms with Crippen LogP contribution in [-0.2, 0) is 19.1 Å². The molecule has 0 spiro atoms. The Morgan fingerprint density at radius 2 is 1.78 bits per heavy atom. The molecule has 3 N–H and O–H groups in total. The van der Waals surface area contributed by atoms with Crippen molar-refractivity contribution in [1.29, 1.82) is 0 Å². The van der Waals surface area contributed by atoms with Crippen molar-refractivity contribution < 1.29 is 19.1 Å². The molecular formula is C10H19N3O4S. The van der Waals surface area contributed by atoms with E-state index >= 15 is 0 Å². The molecule has 0 rings (SSSR count). The van der Waals surface area contributed by atoms with Crippen LogP contribution in [0.5, 0.6) is 0 Å². The van der Waals surface area contributed by atoms with Gasteiger partial charge >= 0.3 is 5.97 Å². The van der Waals surface area contributed by atoms with Crippen LogP contribution in [0.15, 0.2) is 0 Å². The Bertz CT molecular complexity index is 286. The first-order chi connectivity index (χ1) is 8.60. The SMILES string of the molecule is CCOC(=O)CNC(=O)CNCCNC(=O)CS. The molecule has 0 bridgehead atoms. The normalized spacial score (nSPS) is 9.67. The summed E-state index contributed by atoms with van der Waals surface area (Å²) in [5.74, 6) is -0.789. The highest BCUT2D eigenvalue weighted by atomic mass is 32.1. The minimum atomic E-state index is -0.466. The smallest absolute Gasteiger partial charge is 0.325 e. The Morgan fingerprint density at radius 3 is 2.39 bits per heavy atom. The van der Waals surface area contributed by atoms with Crippen molar-refractivity contribution in [2.75, 3.05) is 38.5 Å². The van der Waals surface area contributed by atoms with E-state index < -0.39 is 5.97 Å². The second-order valence-corrected chi connectivity index (χ2v) is 3.58. The molecule has 0 atom stereocenters. The molecule has 0 aromatic rings. The van der Waals surface area contributed by atoms with Crippen LogP contribution in [0.3, 0.4) is 0 Å². The Balaban J connectivity index is 3.42. The number of hydrogen-bond donors (Lipinski definition) is 4. The van der Waals surface area contributed by atoms with E-state index in [1.165, 1.54) is 0 Å². The summed E-state index contributed by atoms with van der Waals surface area (Å²) in [6.45, 7) is 2.82. The molecule has 0 aromatic heterocycles. The Labute approximate surface area is 111 Å². The monoisotopic (exact) mass is 277 g/mol. The third-order valence-electron chi connectivity index (χ3n) is 1.79. The van der Waals surface area contributed by atoms with Crippen LogP contribution in [0.25, 0.3) is 0 Å². The van der Waals surface area contributed by atoms with Gasteiger partial charge in [0.1, 0.15) is 6.54 Å². The largest absolute Gasteiger partial charge is 0.465 e. The number of hydrogen-bond acceptors (Lipinski definition) is 6. The van der Waals surface area contributed by atoms with E-state index in [0.717, 1.165) is 0 Å². The molecule has 0 fully saturated rings. The van der Waals surface area contributed by atoms with Crippen LogP contribution in [0.4, 0.5) is 0 Å². The zero-order valence-electron chi connectivity index (χ0n) is 10.3. The summed E-state index contributed by atoms with van der Waals surface area (Å²) in [4.78, 5) is 32.9. The minimum absolute atomic E-state index is 0.0795. The number of thiol groups is 1. The van der Waals surface area contributed by atoms with Gasteiger partial charge in [0, 0.05) is 13.1 Å². The van der Waals surface area contributed by atoms with Crippen molar-refractivity contribution in [1.82, 2.24) is 16.0 Å². The molecule has 0 radical (unpaired) electrons. The van der Waals surface area contributed by atoms with E-state index in [4.69, 9.17) is 0 Å². The number of ether oxygens (including phenoxy) is 1. The Kier molecular flexibility index (Phi) is 10.1. The molecule has 8 heteroatoms. The number of amides is 2. The van der Waals surface area contributed by atoms with Gasteiger partial charge in [0.25, 0.3) is 0 Å². The third kappa shape index (κ3) is 9.91. The van der Waals surface area contributed by atoms with Crippen molar-refractivity contribution in [3.63, 3.8) is 0 Å². The number of carbonyl (C=O) groups is 3. The highest BCUT2D eigenvalue weighted by Gasteiger charge is 2.05. The third-order valence-corrected chi connectivity index (χ3v) is 2.08. The van der Waals surface area contributed by atoms with Gasteiger partial charge in [-0.3, -0.25) is 14.4 Å².